The van der Waals surface area contributed by atoms with E-state index in [-0.39, 0.29) is 5.91 Å². The predicted molar refractivity (Wildman–Crippen MR) is 121 cm³/mol. The van der Waals surface area contributed by atoms with E-state index in [0.29, 0.717) is 24.4 Å². The third-order valence-corrected chi connectivity index (χ3v) is 7.57. The van der Waals surface area contributed by atoms with Crippen LogP contribution >= 0.6 is 0 Å². The Bertz CT molecular complexity index is 830. The van der Waals surface area contributed by atoms with Gasteiger partial charge in [-0.2, -0.15) is 0 Å². The Morgan fingerprint density at radius 2 is 1.97 bits per heavy atom. The third-order valence-electron chi connectivity index (χ3n) is 7.57. The quantitative estimate of drug-likeness (QED) is 0.732. The number of likely N-dealkylation sites (tertiary alicyclic amines) is 1. The molecule has 1 amide bonds. The van der Waals surface area contributed by atoms with Crippen molar-refractivity contribution < 1.29 is 4.79 Å². The highest BCUT2D eigenvalue weighted by Crippen LogP contribution is 2.50. The van der Waals surface area contributed by atoms with Crippen LogP contribution in [0.4, 0.5) is 0 Å². The van der Waals surface area contributed by atoms with E-state index in [1.165, 1.54) is 19.3 Å². The van der Waals surface area contributed by atoms with Crippen LogP contribution in [0.3, 0.4) is 0 Å². The molecule has 0 spiro atoms. The summed E-state index contributed by atoms with van der Waals surface area (Å²) in [5.74, 6) is 2.50. The van der Waals surface area contributed by atoms with Crippen molar-refractivity contribution in [3.05, 3.63) is 59.2 Å². The molecule has 1 heterocycles. The molecule has 5 atom stereocenters. The largest absolute Gasteiger partial charge is 0.352 e. The minimum absolute atomic E-state index is 0.143. The molecule has 160 valence electrons. The summed E-state index contributed by atoms with van der Waals surface area (Å²) in [6.07, 6.45) is 10.6. The van der Waals surface area contributed by atoms with Crippen molar-refractivity contribution in [2.24, 2.45) is 17.8 Å². The lowest BCUT2D eigenvalue weighted by Gasteiger charge is -2.35. The minimum Gasteiger partial charge on any atom is -0.352 e. The molecule has 4 nitrogen and oxygen atoms in total. The number of allylic oxidation sites excluding steroid dienone is 3. The SMILES string of the molecule is CC1C2=CC3CC3C=C2CCC1NCCN1CCC(NC(=O)Cc2ccccc2)C1. The first-order chi connectivity index (χ1) is 14.7. The van der Waals surface area contributed by atoms with Gasteiger partial charge in [0, 0.05) is 38.3 Å². The van der Waals surface area contributed by atoms with E-state index < -0.39 is 0 Å². The van der Waals surface area contributed by atoms with Gasteiger partial charge in [0.15, 0.2) is 0 Å². The molecule has 30 heavy (non-hydrogen) atoms. The second-order valence-corrected chi connectivity index (χ2v) is 9.78. The van der Waals surface area contributed by atoms with Crippen LogP contribution in [0.15, 0.2) is 53.6 Å². The molecule has 1 aromatic rings. The Balaban J connectivity index is 1.03. The zero-order chi connectivity index (χ0) is 20.5. The van der Waals surface area contributed by atoms with Crippen molar-refractivity contribution in [3.63, 3.8) is 0 Å². The van der Waals surface area contributed by atoms with Crippen molar-refractivity contribution in [1.82, 2.24) is 15.5 Å². The van der Waals surface area contributed by atoms with Gasteiger partial charge in [0.25, 0.3) is 0 Å². The maximum atomic E-state index is 12.3. The number of rotatable bonds is 7. The van der Waals surface area contributed by atoms with Crippen molar-refractivity contribution in [2.45, 2.75) is 51.1 Å². The van der Waals surface area contributed by atoms with Crippen LogP contribution in [0.2, 0.25) is 0 Å². The molecule has 5 rings (SSSR count). The van der Waals surface area contributed by atoms with Gasteiger partial charge in [-0.3, -0.25) is 9.69 Å². The summed E-state index contributed by atoms with van der Waals surface area (Å²) < 4.78 is 0. The average Bonchev–Trinajstić information content (AvgIpc) is 3.37. The van der Waals surface area contributed by atoms with Crippen LogP contribution in [-0.2, 0) is 11.2 Å². The number of carbonyl (C=O) groups is 1. The van der Waals surface area contributed by atoms with Gasteiger partial charge >= 0.3 is 0 Å². The van der Waals surface area contributed by atoms with Crippen molar-refractivity contribution in [3.8, 4) is 0 Å². The summed E-state index contributed by atoms with van der Waals surface area (Å²) >= 11 is 0. The van der Waals surface area contributed by atoms with E-state index in [1.807, 2.05) is 30.3 Å². The number of hydrogen-bond acceptors (Lipinski definition) is 3. The van der Waals surface area contributed by atoms with Gasteiger partial charge in [0.2, 0.25) is 5.91 Å². The molecule has 4 aliphatic rings. The van der Waals surface area contributed by atoms with Crippen LogP contribution in [0.1, 0.15) is 38.2 Å². The first-order valence-electron chi connectivity index (χ1n) is 11.9. The Morgan fingerprint density at radius 3 is 2.83 bits per heavy atom. The Labute approximate surface area is 180 Å². The average molecular weight is 406 g/mol. The summed E-state index contributed by atoms with van der Waals surface area (Å²) in [6, 6.07) is 10.9. The molecule has 3 fully saturated rings. The highest BCUT2D eigenvalue weighted by atomic mass is 16.1. The van der Waals surface area contributed by atoms with Crippen LogP contribution in [0.5, 0.6) is 0 Å². The lowest BCUT2D eigenvalue weighted by atomic mass is 9.75. The van der Waals surface area contributed by atoms with Crippen LogP contribution in [-0.4, -0.2) is 49.1 Å². The number of amides is 1. The number of nitrogens with one attached hydrogen (secondary N) is 2. The Morgan fingerprint density at radius 1 is 1.13 bits per heavy atom. The molecule has 2 N–H and O–H groups in total. The van der Waals surface area contributed by atoms with Gasteiger partial charge in [-0.15, -0.1) is 0 Å². The zero-order valence-corrected chi connectivity index (χ0v) is 18.1. The lowest BCUT2D eigenvalue weighted by molar-refractivity contribution is -0.121. The first-order valence-corrected chi connectivity index (χ1v) is 11.9. The van der Waals surface area contributed by atoms with E-state index in [4.69, 9.17) is 0 Å². The number of nitrogens with zero attached hydrogens (tertiary/aromatic N) is 1. The van der Waals surface area contributed by atoms with E-state index in [9.17, 15) is 4.79 Å². The number of benzene rings is 1. The Hall–Kier alpha value is -1.91. The summed E-state index contributed by atoms with van der Waals surface area (Å²) in [6.45, 7) is 6.58. The smallest absolute Gasteiger partial charge is 0.224 e. The van der Waals surface area contributed by atoms with Gasteiger partial charge < -0.3 is 10.6 Å². The van der Waals surface area contributed by atoms with E-state index in [2.05, 4.69) is 34.6 Å². The molecule has 4 heteroatoms. The summed E-state index contributed by atoms with van der Waals surface area (Å²) in [4.78, 5) is 14.8. The van der Waals surface area contributed by atoms with Crippen LogP contribution < -0.4 is 10.6 Å². The maximum absolute atomic E-state index is 12.3. The second-order valence-electron chi connectivity index (χ2n) is 9.78. The highest BCUT2D eigenvalue weighted by Gasteiger charge is 2.40. The molecular weight excluding hydrogens is 370 g/mol. The van der Waals surface area contributed by atoms with Gasteiger partial charge in [0.1, 0.15) is 0 Å². The first kappa shape index (κ1) is 20.0. The van der Waals surface area contributed by atoms with Crippen LogP contribution in [0, 0.1) is 17.8 Å². The highest BCUT2D eigenvalue weighted by molar-refractivity contribution is 5.78. The monoisotopic (exact) mass is 405 g/mol. The molecule has 0 bridgehead atoms. The second kappa shape index (κ2) is 8.68. The molecule has 2 saturated carbocycles. The summed E-state index contributed by atoms with van der Waals surface area (Å²) in [5, 5.41) is 7.08. The molecule has 1 saturated heterocycles. The Kier molecular flexibility index (Phi) is 5.79. The maximum Gasteiger partial charge on any atom is 0.224 e. The fraction of sp³-hybridized carbons (Fsp3) is 0.577. The molecule has 3 aliphatic carbocycles. The standard InChI is InChI=1S/C26H35N3O/c1-18-24-16-22-15-21(22)14-20(24)7-8-25(18)27-10-12-29-11-9-23(17-29)28-26(30)13-19-5-3-2-4-6-19/h2-6,14,16,18,21-23,25,27H,7-13,15,17H2,1H3,(H,28,30). The lowest BCUT2D eigenvalue weighted by Crippen LogP contribution is -2.43. The minimum atomic E-state index is 0.143. The number of carbonyl (C=O) groups excluding carboxylic acids is 1. The van der Waals surface area contributed by atoms with Crippen molar-refractivity contribution >= 4 is 5.91 Å². The fourth-order valence-corrected chi connectivity index (χ4v) is 5.66. The van der Waals surface area contributed by atoms with Gasteiger partial charge in [-0.05, 0) is 60.1 Å². The molecule has 0 aromatic heterocycles. The normalized spacial score (nSPS) is 32.6. The topological polar surface area (TPSA) is 44.4 Å². The van der Waals surface area contributed by atoms with E-state index in [0.717, 1.165) is 50.0 Å². The fourth-order valence-electron chi connectivity index (χ4n) is 5.66. The van der Waals surface area contributed by atoms with Crippen LogP contribution in [0.25, 0.3) is 0 Å². The van der Waals surface area contributed by atoms with Gasteiger partial charge in [0.05, 0.1) is 6.42 Å². The number of hydrogen-bond donors (Lipinski definition) is 2. The van der Waals surface area contributed by atoms with Gasteiger partial charge in [-0.1, -0.05) is 49.4 Å². The zero-order valence-electron chi connectivity index (χ0n) is 18.1. The number of fused-ring (bicyclic) bond motifs is 2. The van der Waals surface area contributed by atoms with Crippen molar-refractivity contribution in [1.29, 1.82) is 0 Å². The predicted octanol–water partition coefficient (Wildman–Crippen LogP) is 3.31. The van der Waals surface area contributed by atoms with Gasteiger partial charge in [-0.25, -0.2) is 0 Å². The third kappa shape index (κ3) is 4.55. The van der Waals surface area contributed by atoms with E-state index >= 15 is 0 Å². The molecule has 1 aliphatic heterocycles. The molecule has 1 aromatic carbocycles. The molecule has 0 radical (unpaired) electrons. The summed E-state index contributed by atoms with van der Waals surface area (Å²) in [5.41, 5.74) is 4.37. The van der Waals surface area contributed by atoms with Crippen molar-refractivity contribution in [2.75, 3.05) is 26.2 Å². The van der Waals surface area contributed by atoms with E-state index in [1.54, 1.807) is 11.1 Å². The molecular formula is C26H35N3O. The molecule has 5 unspecified atom stereocenters. The summed E-state index contributed by atoms with van der Waals surface area (Å²) in [7, 11) is 0.